The molecule has 33 heavy (non-hydrogen) atoms. The van der Waals surface area contributed by atoms with Gasteiger partial charge in [-0.05, 0) is 48.5 Å². The maximum Gasteiger partial charge on any atom is 0.573 e. The van der Waals surface area contributed by atoms with E-state index in [-0.39, 0.29) is 27.9 Å². The Morgan fingerprint density at radius 2 is 1.61 bits per heavy atom. The van der Waals surface area contributed by atoms with Gasteiger partial charge in [0.1, 0.15) is 17.3 Å². The third-order valence-corrected chi connectivity index (χ3v) is 5.18. The molecule has 0 fully saturated rings. The van der Waals surface area contributed by atoms with Crippen molar-refractivity contribution in [2.75, 3.05) is 7.05 Å². The predicted octanol–water partition coefficient (Wildman–Crippen LogP) is 4.35. The van der Waals surface area contributed by atoms with E-state index in [2.05, 4.69) is 14.8 Å². The van der Waals surface area contributed by atoms with Crippen molar-refractivity contribution in [3.63, 3.8) is 0 Å². The molecule has 0 bridgehead atoms. The first kappa shape index (κ1) is 20.6. The Morgan fingerprint density at radius 3 is 2.24 bits per heavy atom. The van der Waals surface area contributed by atoms with Crippen LogP contribution in [0, 0.1) is 5.82 Å². The summed E-state index contributed by atoms with van der Waals surface area (Å²) < 4.78 is 56.2. The van der Waals surface area contributed by atoms with Crippen molar-refractivity contribution in [3.05, 3.63) is 71.7 Å². The van der Waals surface area contributed by atoms with Crippen LogP contribution in [0.25, 0.3) is 28.0 Å². The van der Waals surface area contributed by atoms with Crippen LogP contribution in [0.5, 0.6) is 5.75 Å². The predicted molar refractivity (Wildman–Crippen MR) is 107 cm³/mol. The fraction of sp³-hybridized carbons (Fsp3) is 0.0909. The van der Waals surface area contributed by atoms with Gasteiger partial charge in [0.25, 0.3) is 11.8 Å². The molecule has 0 N–H and O–H groups in total. The van der Waals surface area contributed by atoms with Crippen LogP contribution in [0.2, 0.25) is 0 Å². The van der Waals surface area contributed by atoms with Crippen molar-refractivity contribution >= 4 is 22.8 Å². The molecule has 4 aromatic rings. The molecule has 7 nitrogen and oxygen atoms in total. The number of carbonyl (C=O) groups excluding carboxylic acids is 2. The van der Waals surface area contributed by atoms with E-state index in [1.165, 1.54) is 54.3 Å². The molecule has 0 saturated carbocycles. The second-order valence-corrected chi connectivity index (χ2v) is 7.22. The summed E-state index contributed by atoms with van der Waals surface area (Å²) in [6.07, 6.45) is -3.58. The molecule has 5 rings (SSSR count). The number of imide groups is 1. The first-order valence-electron chi connectivity index (χ1n) is 9.50. The van der Waals surface area contributed by atoms with Gasteiger partial charge in [-0.1, -0.05) is 0 Å². The number of carbonyl (C=O) groups is 2. The van der Waals surface area contributed by atoms with Gasteiger partial charge in [0.05, 0.1) is 22.2 Å². The summed E-state index contributed by atoms with van der Waals surface area (Å²) in [5, 5.41) is 4.79. The molecule has 0 radical (unpaired) electrons. The lowest BCUT2D eigenvalue weighted by molar-refractivity contribution is -0.274. The average Bonchev–Trinajstić information content (AvgIpc) is 3.25. The van der Waals surface area contributed by atoms with Crippen molar-refractivity contribution in [3.8, 4) is 22.7 Å². The summed E-state index contributed by atoms with van der Waals surface area (Å²) in [5.41, 5.74) is 1.47. The number of halogens is 4. The highest BCUT2D eigenvalue weighted by molar-refractivity contribution is 6.27. The lowest BCUT2D eigenvalue weighted by Gasteiger charge is -2.09. The lowest BCUT2D eigenvalue weighted by atomic mass is 10.0. The van der Waals surface area contributed by atoms with Crippen LogP contribution >= 0.6 is 0 Å². The second-order valence-electron chi connectivity index (χ2n) is 7.22. The van der Waals surface area contributed by atoms with Gasteiger partial charge in [0.15, 0.2) is 5.65 Å². The Hall–Kier alpha value is -4.28. The Bertz CT molecular complexity index is 1430. The summed E-state index contributed by atoms with van der Waals surface area (Å²) in [6, 6.07) is 10.3. The molecule has 3 heterocycles. The van der Waals surface area contributed by atoms with Gasteiger partial charge >= 0.3 is 6.36 Å². The second kappa shape index (κ2) is 7.12. The Labute approximate surface area is 182 Å². The van der Waals surface area contributed by atoms with E-state index in [1.807, 2.05) is 0 Å². The summed E-state index contributed by atoms with van der Waals surface area (Å²) in [7, 11) is 1.35. The largest absolute Gasteiger partial charge is 0.573 e. The third-order valence-electron chi connectivity index (χ3n) is 5.18. The minimum absolute atomic E-state index is 0.104. The fourth-order valence-corrected chi connectivity index (χ4v) is 3.69. The molecule has 1 aliphatic heterocycles. The van der Waals surface area contributed by atoms with Crippen LogP contribution in [0.15, 0.2) is 54.7 Å². The molecule has 11 heteroatoms. The fourth-order valence-electron chi connectivity index (χ4n) is 3.69. The topological polar surface area (TPSA) is 77.3 Å². The highest BCUT2D eigenvalue weighted by atomic mass is 19.4. The molecular formula is C22H12F4N4O3. The monoisotopic (exact) mass is 456 g/mol. The number of hydrogen-bond donors (Lipinski definition) is 0. The normalized spacial score (nSPS) is 13.7. The molecule has 0 spiro atoms. The number of alkyl halides is 3. The maximum absolute atomic E-state index is 13.5. The molecule has 2 aromatic carbocycles. The third kappa shape index (κ3) is 3.37. The number of hydrogen-bond acceptors (Lipinski definition) is 5. The number of amides is 2. The number of benzene rings is 2. The highest BCUT2D eigenvalue weighted by Crippen LogP contribution is 2.36. The number of rotatable bonds is 3. The summed E-state index contributed by atoms with van der Waals surface area (Å²) in [5.74, 6) is -1.95. The van der Waals surface area contributed by atoms with Crippen LogP contribution in [0.3, 0.4) is 0 Å². The maximum atomic E-state index is 13.5. The van der Waals surface area contributed by atoms with Gasteiger partial charge in [0, 0.05) is 18.8 Å². The SMILES string of the molecule is CN1C(=O)c2cnc3c(c(-c4ccc(F)cc4)nn3-c3ccc(OC(F)(F)F)cc3)c2C1=O. The summed E-state index contributed by atoms with van der Waals surface area (Å²) in [4.78, 5) is 30.6. The van der Waals surface area contributed by atoms with Gasteiger partial charge in [0.2, 0.25) is 0 Å². The zero-order valence-electron chi connectivity index (χ0n) is 16.7. The minimum atomic E-state index is -4.84. The van der Waals surface area contributed by atoms with E-state index in [9.17, 15) is 27.2 Å². The van der Waals surface area contributed by atoms with E-state index < -0.39 is 29.7 Å². The molecule has 0 saturated heterocycles. The smallest absolute Gasteiger partial charge is 0.406 e. The van der Waals surface area contributed by atoms with Crippen molar-refractivity contribution in [2.24, 2.45) is 0 Å². The van der Waals surface area contributed by atoms with Crippen LogP contribution in [-0.2, 0) is 0 Å². The Morgan fingerprint density at radius 1 is 0.939 bits per heavy atom. The molecule has 0 aliphatic carbocycles. The Kier molecular flexibility index (Phi) is 4.45. The molecule has 0 atom stereocenters. The zero-order valence-corrected chi connectivity index (χ0v) is 16.7. The Balaban J connectivity index is 1.74. The minimum Gasteiger partial charge on any atom is -0.406 e. The van der Waals surface area contributed by atoms with Gasteiger partial charge < -0.3 is 4.74 Å². The first-order chi connectivity index (χ1) is 15.6. The summed E-state index contributed by atoms with van der Waals surface area (Å²) >= 11 is 0. The van der Waals surface area contributed by atoms with Crippen LogP contribution in [0.1, 0.15) is 20.7 Å². The van der Waals surface area contributed by atoms with Crippen molar-refractivity contribution < 1.29 is 31.9 Å². The number of pyridine rings is 1. The summed E-state index contributed by atoms with van der Waals surface area (Å²) in [6.45, 7) is 0. The van der Waals surface area contributed by atoms with Crippen molar-refractivity contribution in [1.29, 1.82) is 0 Å². The van der Waals surface area contributed by atoms with E-state index in [0.717, 1.165) is 17.0 Å². The van der Waals surface area contributed by atoms with Gasteiger partial charge in [-0.15, -0.1) is 13.2 Å². The zero-order chi connectivity index (χ0) is 23.5. The quantitative estimate of drug-likeness (QED) is 0.338. The van der Waals surface area contributed by atoms with Gasteiger partial charge in [-0.3, -0.25) is 14.5 Å². The molecule has 166 valence electrons. The first-order valence-corrected chi connectivity index (χ1v) is 9.50. The lowest BCUT2D eigenvalue weighted by Crippen LogP contribution is -2.24. The van der Waals surface area contributed by atoms with E-state index in [0.29, 0.717) is 11.3 Å². The van der Waals surface area contributed by atoms with Crippen molar-refractivity contribution in [2.45, 2.75) is 6.36 Å². The van der Waals surface area contributed by atoms with E-state index in [1.54, 1.807) is 0 Å². The number of fused-ring (bicyclic) bond motifs is 3. The molecule has 2 amide bonds. The molecular weight excluding hydrogens is 444 g/mol. The van der Waals surface area contributed by atoms with Crippen LogP contribution in [-0.4, -0.2) is 44.9 Å². The van der Waals surface area contributed by atoms with E-state index >= 15 is 0 Å². The molecule has 1 aliphatic rings. The van der Waals surface area contributed by atoms with Crippen LogP contribution in [0.4, 0.5) is 17.6 Å². The number of aromatic nitrogens is 3. The molecule has 2 aromatic heterocycles. The van der Waals surface area contributed by atoms with Crippen molar-refractivity contribution in [1.82, 2.24) is 19.7 Å². The van der Waals surface area contributed by atoms with E-state index in [4.69, 9.17) is 0 Å². The van der Waals surface area contributed by atoms with Gasteiger partial charge in [-0.25, -0.2) is 14.1 Å². The number of ether oxygens (including phenoxy) is 1. The average molecular weight is 456 g/mol. The number of nitrogens with zero attached hydrogens (tertiary/aromatic N) is 4. The highest BCUT2D eigenvalue weighted by Gasteiger charge is 2.37. The van der Waals surface area contributed by atoms with Crippen LogP contribution < -0.4 is 4.74 Å². The standard InChI is InChI=1S/C22H12F4N4O3/c1-29-20(31)15-10-27-19-17(16(15)21(29)32)18(11-2-4-12(23)5-3-11)28-30(19)13-6-8-14(9-7-13)33-22(24,25)26/h2-10H,1H3. The van der Waals surface area contributed by atoms with Gasteiger partial charge in [-0.2, -0.15) is 5.10 Å². The molecule has 0 unspecified atom stereocenters.